The van der Waals surface area contributed by atoms with Crippen molar-refractivity contribution < 1.29 is 4.79 Å². The van der Waals surface area contributed by atoms with Crippen LogP contribution in [0.5, 0.6) is 0 Å². The number of carbonyl (C=O) groups is 1. The van der Waals surface area contributed by atoms with Gasteiger partial charge in [0.05, 0.1) is 11.6 Å². The summed E-state index contributed by atoms with van der Waals surface area (Å²) in [5.74, 6) is 0.268. The minimum atomic E-state index is 0.268. The fourth-order valence-electron chi connectivity index (χ4n) is 4.64. The minimum Gasteiger partial charge on any atom is -0.300 e. The van der Waals surface area contributed by atoms with E-state index in [0.717, 1.165) is 31.6 Å². The molecule has 5 rings (SSSR count). The zero-order valence-corrected chi connectivity index (χ0v) is 12.2. The maximum Gasteiger partial charge on any atom is 0.233 e. The number of aromatic nitrogens is 1. The lowest BCUT2D eigenvalue weighted by Gasteiger charge is -2.50. The standard InChI is InChI=1S/C17H19N3O/c1-18-8-9-19-7-6-12-11-4-2-3-5-13(11)20-15(21)10-14(18)17(19)16(12)20/h2-5,14,17H,6-10H2,1H3/t14-,17-/m1/s1. The number of likely N-dealkylation sites (N-methyl/N-ethyl adjacent to an activating group) is 1. The lowest BCUT2D eigenvalue weighted by Crippen LogP contribution is -2.58. The van der Waals surface area contributed by atoms with Crippen molar-refractivity contribution in [2.75, 3.05) is 26.7 Å². The second-order valence-corrected chi connectivity index (χ2v) is 6.59. The summed E-state index contributed by atoms with van der Waals surface area (Å²) >= 11 is 0. The van der Waals surface area contributed by atoms with Gasteiger partial charge in [-0.2, -0.15) is 0 Å². The highest BCUT2D eigenvalue weighted by Gasteiger charge is 2.46. The molecule has 0 unspecified atom stereocenters. The van der Waals surface area contributed by atoms with E-state index in [1.807, 2.05) is 10.6 Å². The van der Waals surface area contributed by atoms with Gasteiger partial charge in [-0.15, -0.1) is 0 Å². The third-order valence-electron chi connectivity index (χ3n) is 5.65. The van der Waals surface area contributed by atoms with Gasteiger partial charge in [0.15, 0.2) is 0 Å². The molecule has 0 N–H and O–H groups in total. The maximum absolute atomic E-state index is 12.8. The Kier molecular flexibility index (Phi) is 2.25. The molecule has 1 saturated heterocycles. The summed E-state index contributed by atoms with van der Waals surface area (Å²) in [6.07, 6.45) is 1.71. The summed E-state index contributed by atoms with van der Waals surface area (Å²) in [6.45, 7) is 3.32. The summed E-state index contributed by atoms with van der Waals surface area (Å²) in [4.78, 5) is 17.7. The zero-order chi connectivity index (χ0) is 14.1. The van der Waals surface area contributed by atoms with Crippen molar-refractivity contribution in [3.63, 3.8) is 0 Å². The monoisotopic (exact) mass is 281 g/mol. The molecule has 0 saturated carbocycles. The Morgan fingerprint density at radius 1 is 1.14 bits per heavy atom. The van der Waals surface area contributed by atoms with Gasteiger partial charge in [-0.3, -0.25) is 19.2 Å². The number of hydrogen-bond acceptors (Lipinski definition) is 3. The normalized spacial score (nSPS) is 28.9. The second kappa shape index (κ2) is 3.96. The number of carbonyl (C=O) groups excluding carboxylic acids is 1. The third kappa shape index (κ3) is 1.39. The highest BCUT2D eigenvalue weighted by molar-refractivity contribution is 5.97. The summed E-state index contributed by atoms with van der Waals surface area (Å²) in [7, 11) is 2.17. The van der Waals surface area contributed by atoms with Gasteiger partial charge in [-0.05, 0) is 25.1 Å². The van der Waals surface area contributed by atoms with Crippen LogP contribution in [0.1, 0.15) is 28.5 Å². The Labute approximate surface area is 123 Å². The molecule has 1 aromatic heterocycles. The summed E-state index contributed by atoms with van der Waals surface area (Å²) in [5, 5.41) is 1.29. The molecule has 4 nitrogen and oxygen atoms in total. The van der Waals surface area contributed by atoms with E-state index in [4.69, 9.17) is 0 Å². The van der Waals surface area contributed by atoms with Gasteiger partial charge >= 0.3 is 0 Å². The molecular weight excluding hydrogens is 262 g/mol. The fraction of sp³-hybridized carbons (Fsp3) is 0.471. The van der Waals surface area contributed by atoms with Gasteiger partial charge in [0.1, 0.15) is 0 Å². The molecule has 108 valence electrons. The molecule has 3 aliphatic heterocycles. The van der Waals surface area contributed by atoms with Crippen molar-refractivity contribution in [3.05, 3.63) is 35.5 Å². The van der Waals surface area contributed by atoms with Crippen LogP contribution in [0.2, 0.25) is 0 Å². The van der Waals surface area contributed by atoms with Crippen LogP contribution in [-0.2, 0) is 6.42 Å². The van der Waals surface area contributed by atoms with E-state index < -0.39 is 0 Å². The maximum atomic E-state index is 12.8. The fourth-order valence-corrected chi connectivity index (χ4v) is 4.64. The van der Waals surface area contributed by atoms with Crippen LogP contribution in [-0.4, -0.2) is 53.0 Å². The highest BCUT2D eigenvalue weighted by Crippen LogP contribution is 2.44. The average molecular weight is 281 g/mol. The smallest absolute Gasteiger partial charge is 0.233 e. The van der Waals surface area contributed by atoms with Crippen molar-refractivity contribution in [3.8, 4) is 0 Å². The first-order valence-corrected chi connectivity index (χ1v) is 7.85. The van der Waals surface area contributed by atoms with E-state index in [1.54, 1.807) is 0 Å². The van der Waals surface area contributed by atoms with Crippen LogP contribution < -0.4 is 0 Å². The molecule has 4 heterocycles. The first kappa shape index (κ1) is 12.0. The van der Waals surface area contributed by atoms with E-state index >= 15 is 0 Å². The molecule has 0 aliphatic carbocycles. The Hall–Kier alpha value is -1.65. The van der Waals surface area contributed by atoms with Crippen molar-refractivity contribution in [2.24, 2.45) is 0 Å². The van der Waals surface area contributed by atoms with Crippen LogP contribution in [0.25, 0.3) is 10.9 Å². The molecule has 21 heavy (non-hydrogen) atoms. The lowest BCUT2D eigenvalue weighted by atomic mass is 9.86. The first-order chi connectivity index (χ1) is 10.3. The number of hydrogen-bond donors (Lipinski definition) is 0. The van der Waals surface area contributed by atoms with Crippen molar-refractivity contribution >= 4 is 16.8 Å². The number of fused-ring (bicyclic) bond motifs is 3. The Morgan fingerprint density at radius 3 is 2.90 bits per heavy atom. The lowest BCUT2D eigenvalue weighted by molar-refractivity contribution is 0.00976. The number of benzene rings is 1. The predicted molar refractivity (Wildman–Crippen MR) is 81.6 cm³/mol. The van der Waals surface area contributed by atoms with Gasteiger partial charge < -0.3 is 0 Å². The summed E-state index contributed by atoms with van der Waals surface area (Å²) in [6, 6.07) is 9.16. The third-order valence-corrected chi connectivity index (χ3v) is 5.65. The van der Waals surface area contributed by atoms with Crippen molar-refractivity contribution in [2.45, 2.75) is 24.9 Å². The van der Waals surface area contributed by atoms with Gasteiger partial charge in [-0.1, -0.05) is 18.2 Å². The Balaban J connectivity index is 1.85. The van der Waals surface area contributed by atoms with E-state index in [-0.39, 0.29) is 5.91 Å². The molecule has 0 radical (unpaired) electrons. The SMILES string of the molecule is CN1CCN2CCc3c4n(c5ccccc35)C(=O)C[C@@H]1[C@H]42. The summed E-state index contributed by atoms with van der Waals surface area (Å²) in [5.41, 5.74) is 3.82. The van der Waals surface area contributed by atoms with Crippen molar-refractivity contribution in [1.29, 1.82) is 0 Å². The van der Waals surface area contributed by atoms with Gasteiger partial charge in [0.2, 0.25) is 5.91 Å². The van der Waals surface area contributed by atoms with Crippen LogP contribution in [0.4, 0.5) is 0 Å². The quantitative estimate of drug-likeness (QED) is 0.738. The molecule has 2 atom stereocenters. The number of nitrogens with zero attached hydrogens (tertiary/aromatic N) is 3. The van der Waals surface area contributed by atoms with Crippen LogP contribution >= 0.6 is 0 Å². The van der Waals surface area contributed by atoms with Crippen molar-refractivity contribution in [1.82, 2.24) is 14.4 Å². The molecule has 0 bridgehead atoms. The number of piperazine rings is 1. The van der Waals surface area contributed by atoms with Crippen LogP contribution in [0, 0.1) is 0 Å². The molecule has 4 heteroatoms. The molecule has 1 fully saturated rings. The molecular formula is C17H19N3O. The van der Waals surface area contributed by atoms with E-state index in [1.165, 1.54) is 16.6 Å². The van der Waals surface area contributed by atoms with Gasteiger partial charge in [0, 0.05) is 43.2 Å². The molecule has 0 amide bonds. The predicted octanol–water partition coefficient (Wildman–Crippen LogP) is 1.90. The van der Waals surface area contributed by atoms with E-state index in [0.29, 0.717) is 18.5 Å². The largest absolute Gasteiger partial charge is 0.300 e. The van der Waals surface area contributed by atoms with Crippen LogP contribution in [0.3, 0.4) is 0 Å². The van der Waals surface area contributed by atoms with E-state index in [9.17, 15) is 4.79 Å². The Morgan fingerprint density at radius 2 is 2.00 bits per heavy atom. The van der Waals surface area contributed by atoms with Crippen LogP contribution in [0.15, 0.2) is 24.3 Å². The second-order valence-electron chi connectivity index (χ2n) is 6.59. The number of para-hydroxylation sites is 1. The summed E-state index contributed by atoms with van der Waals surface area (Å²) < 4.78 is 2.02. The highest BCUT2D eigenvalue weighted by atomic mass is 16.2. The van der Waals surface area contributed by atoms with E-state index in [2.05, 4.69) is 35.0 Å². The molecule has 0 spiro atoms. The zero-order valence-electron chi connectivity index (χ0n) is 12.2. The average Bonchev–Trinajstić information content (AvgIpc) is 2.85. The number of rotatable bonds is 0. The molecule has 3 aliphatic rings. The molecule has 1 aromatic carbocycles. The Bertz CT molecular complexity index is 763. The van der Waals surface area contributed by atoms with Gasteiger partial charge in [0.25, 0.3) is 0 Å². The first-order valence-electron chi connectivity index (χ1n) is 7.85. The molecule has 2 aromatic rings. The topological polar surface area (TPSA) is 28.5 Å². The minimum absolute atomic E-state index is 0.268. The van der Waals surface area contributed by atoms with Gasteiger partial charge in [-0.25, -0.2) is 0 Å².